The molecule has 0 saturated carbocycles. The highest BCUT2D eigenvalue weighted by atomic mass is 35.5. The molecule has 0 unspecified atom stereocenters. The fourth-order valence-electron chi connectivity index (χ4n) is 2.35. The minimum atomic E-state index is -0.311. The van der Waals surface area contributed by atoms with E-state index in [1.54, 1.807) is 32.4 Å². The van der Waals surface area contributed by atoms with E-state index in [1.807, 2.05) is 12.1 Å². The van der Waals surface area contributed by atoms with Gasteiger partial charge in [-0.2, -0.15) is 0 Å². The number of benzene rings is 2. The molecule has 2 aromatic rings. The second-order valence-corrected chi connectivity index (χ2v) is 5.92. The third-order valence-electron chi connectivity index (χ3n) is 3.65. The van der Waals surface area contributed by atoms with Crippen LogP contribution in [-0.2, 0) is 17.9 Å². The van der Waals surface area contributed by atoms with Gasteiger partial charge in [-0.1, -0.05) is 29.8 Å². The van der Waals surface area contributed by atoms with E-state index in [9.17, 15) is 4.39 Å². The van der Waals surface area contributed by atoms with Gasteiger partial charge in [-0.3, -0.25) is 0 Å². The molecule has 144 valence electrons. The van der Waals surface area contributed by atoms with Crippen LogP contribution in [0.15, 0.2) is 36.4 Å². The molecule has 4 nitrogen and oxygen atoms in total. The molecule has 7 heteroatoms. The molecule has 0 aliphatic heterocycles. The van der Waals surface area contributed by atoms with Crippen molar-refractivity contribution in [3.8, 4) is 11.5 Å². The number of halogens is 3. The summed E-state index contributed by atoms with van der Waals surface area (Å²) in [5, 5.41) is 3.75. The van der Waals surface area contributed by atoms with Crippen molar-refractivity contribution >= 4 is 24.0 Å². The van der Waals surface area contributed by atoms with E-state index in [2.05, 4.69) is 5.32 Å². The van der Waals surface area contributed by atoms with Crippen molar-refractivity contribution in [2.45, 2.75) is 19.6 Å². The molecule has 0 amide bonds. The van der Waals surface area contributed by atoms with E-state index in [4.69, 9.17) is 25.8 Å². The lowest BCUT2D eigenvalue weighted by Crippen LogP contribution is -2.16. The van der Waals surface area contributed by atoms with Gasteiger partial charge >= 0.3 is 0 Å². The van der Waals surface area contributed by atoms with Gasteiger partial charge in [-0.25, -0.2) is 4.39 Å². The zero-order valence-corrected chi connectivity index (χ0v) is 16.5. The van der Waals surface area contributed by atoms with Gasteiger partial charge in [0.05, 0.1) is 12.1 Å². The van der Waals surface area contributed by atoms with E-state index in [1.165, 1.54) is 6.07 Å². The molecule has 26 heavy (non-hydrogen) atoms. The quantitative estimate of drug-likeness (QED) is 0.587. The molecule has 2 aromatic carbocycles. The van der Waals surface area contributed by atoms with Gasteiger partial charge in [0.25, 0.3) is 0 Å². The molecule has 0 aromatic heterocycles. The van der Waals surface area contributed by atoms with Crippen LogP contribution in [-0.4, -0.2) is 27.4 Å². The van der Waals surface area contributed by atoms with E-state index in [-0.39, 0.29) is 24.8 Å². The minimum Gasteiger partial charge on any atom is -0.493 e. The van der Waals surface area contributed by atoms with E-state index in [0.717, 1.165) is 25.1 Å². The molecule has 0 radical (unpaired) electrons. The molecule has 0 atom stereocenters. The Morgan fingerprint density at radius 2 is 1.92 bits per heavy atom. The number of hydrogen-bond acceptors (Lipinski definition) is 4. The van der Waals surface area contributed by atoms with Crippen LogP contribution in [0.1, 0.15) is 17.5 Å². The highest BCUT2D eigenvalue weighted by Crippen LogP contribution is 2.37. The first-order valence-electron chi connectivity index (χ1n) is 8.08. The fourth-order valence-corrected chi connectivity index (χ4v) is 2.64. The number of methoxy groups -OCH3 is 2. The van der Waals surface area contributed by atoms with Crippen molar-refractivity contribution in [2.24, 2.45) is 0 Å². The van der Waals surface area contributed by atoms with Crippen LogP contribution in [0.2, 0.25) is 5.02 Å². The molecule has 0 bridgehead atoms. The van der Waals surface area contributed by atoms with Crippen molar-refractivity contribution in [3.05, 3.63) is 58.4 Å². The topological polar surface area (TPSA) is 39.7 Å². The summed E-state index contributed by atoms with van der Waals surface area (Å²) in [5.74, 6) is 0.627. The van der Waals surface area contributed by atoms with Gasteiger partial charge in [0.1, 0.15) is 12.4 Å². The highest BCUT2D eigenvalue weighted by molar-refractivity contribution is 6.32. The minimum absolute atomic E-state index is 0. The lowest BCUT2D eigenvalue weighted by atomic mass is 10.2. The Bertz CT molecular complexity index is 686. The predicted molar refractivity (Wildman–Crippen MR) is 104 cm³/mol. The molecule has 0 heterocycles. The second-order valence-electron chi connectivity index (χ2n) is 5.51. The first-order chi connectivity index (χ1) is 12.2. The van der Waals surface area contributed by atoms with Gasteiger partial charge in [0, 0.05) is 25.8 Å². The molecule has 1 N–H and O–H groups in total. The van der Waals surface area contributed by atoms with Crippen LogP contribution in [0, 0.1) is 5.82 Å². The number of rotatable bonds is 10. The standard InChI is InChI=1S/C19H23ClFNO3.ClH/c1-23-9-5-8-22-12-14-10-16(20)19(18(11-14)24-2)25-13-15-6-3-4-7-17(15)21;/h3-4,6-7,10-11,22H,5,8-9,12-13H2,1-2H3;1H. The van der Waals surface area contributed by atoms with Gasteiger partial charge in [-0.15, -0.1) is 12.4 Å². The molecular formula is C19H24Cl2FNO3. The van der Waals surface area contributed by atoms with Gasteiger partial charge < -0.3 is 19.5 Å². The normalized spacial score (nSPS) is 10.3. The summed E-state index contributed by atoms with van der Waals surface area (Å²) in [6.45, 7) is 2.31. The van der Waals surface area contributed by atoms with Gasteiger partial charge in [-0.05, 0) is 36.7 Å². The fraction of sp³-hybridized carbons (Fsp3) is 0.368. The number of hydrogen-bond donors (Lipinski definition) is 1. The maximum absolute atomic E-state index is 13.7. The van der Waals surface area contributed by atoms with E-state index in [0.29, 0.717) is 28.6 Å². The van der Waals surface area contributed by atoms with E-state index < -0.39 is 0 Å². The summed E-state index contributed by atoms with van der Waals surface area (Å²) in [5.41, 5.74) is 1.45. The average Bonchev–Trinajstić information content (AvgIpc) is 2.61. The molecule has 0 spiro atoms. The Hall–Kier alpha value is -1.53. The summed E-state index contributed by atoms with van der Waals surface area (Å²) < 4.78 is 29.8. The first kappa shape index (κ1) is 22.5. The van der Waals surface area contributed by atoms with Crippen molar-refractivity contribution in [2.75, 3.05) is 27.4 Å². The molecular weight excluding hydrogens is 380 g/mol. The SMILES string of the molecule is COCCCNCc1cc(Cl)c(OCc2ccccc2F)c(OC)c1.Cl. The third-order valence-corrected chi connectivity index (χ3v) is 3.93. The second kappa shape index (κ2) is 12.0. The largest absolute Gasteiger partial charge is 0.493 e. The van der Waals surface area contributed by atoms with Crippen molar-refractivity contribution in [1.82, 2.24) is 5.32 Å². The summed E-state index contributed by atoms with van der Waals surface area (Å²) >= 11 is 6.34. The molecule has 2 rings (SSSR count). The number of ether oxygens (including phenoxy) is 3. The predicted octanol–water partition coefficient (Wildman–Crippen LogP) is 4.61. The molecule has 0 aliphatic rings. The van der Waals surface area contributed by atoms with Crippen LogP contribution >= 0.6 is 24.0 Å². The summed E-state index contributed by atoms with van der Waals surface area (Å²) in [4.78, 5) is 0. The van der Waals surface area contributed by atoms with Crippen molar-refractivity contribution in [1.29, 1.82) is 0 Å². The molecule has 0 aliphatic carbocycles. The Kier molecular flexibility index (Phi) is 10.4. The Labute approximate surface area is 165 Å². The van der Waals surface area contributed by atoms with Crippen LogP contribution in [0.3, 0.4) is 0 Å². The summed E-state index contributed by atoms with van der Waals surface area (Å²) in [6.07, 6.45) is 0.936. The van der Waals surface area contributed by atoms with Crippen LogP contribution < -0.4 is 14.8 Å². The molecule has 0 saturated heterocycles. The highest BCUT2D eigenvalue weighted by Gasteiger charge is 2.13. The number of nitrogens with one attached hydrogen (secondary N) is 1. The summed E-state index contributed by atoms with van der Waals surface area (Å²) in [6, 6.07) is 10.2. The van der Waals surface area contributed by atoms with Crippen molar-refractivity contribution in [3.63, 3.8) is 0 Å². The van der Waals surface area contributed by atoms with Gasteiger partial charge in [0.2, 0.25) is 0 Å². The first-order valence-corrected chi connectivity index (χ1v) is 8.45. The average molecular weight is 404 g/mol. The Balaban J connectivity index is 0.00000338. The maximum atomic E-state index is 13.7. The lowest BCUT2D eigenvalue weighted by molar-refractivity contribution is 0.194. The van der Waals surface area contributed by atoms with Crippen molar-refractivity contribution < 1.29 is 18.6 Å². The van der Waals surface area contributed by atoms with Crippen LogP contribution in [0.4, 0.5) is 4.39 Å². The molecule has 0 fully saturated rings. The van der Waals surface area contributed by atoms with E-state index >= 15 is 0 Å². The van der Waals surface area contributed by atoms with Crippen LogP contribution in [0.25, 0.3) is 0 Å². The monoisotopic (exact) mass is 403 g/mol. The van der Waals surface area contributed by atoms with Gasteiger partial charge in [0.15, 0.2) is 11.5 Å². The zero-order chi connectivity index (χ0) is 18.1. The maximum Gasteiger partial charge on any atom is 0.180 e. The van der Waals surface area contributed by atoms with Crippen LogP contribution in [0.5, 0.6) is 11.5 Å². The lowest BCUT2D eigenvalue weighted by Gasteiger charge is -2.15. The zero-order valence-electron chi connectivity index (χ0n) is 14.9. The Morgan fingerprint density at radius 1 is 1.15 bits per heavy atom. The third kappa shape index (κ3) is 6.65. The smallest absolute Gasteiger partial charge is 0.180 e. The summed E-state index contributed by atoms with van der Waals surface area (Å²) in [7, 11) is 3.24. The Morgan fingerprint density at radius 3 is 2.62 bits per heavy atom.